The van der Waals surface area contributed by atoms with Crippen molar-refractivity contribution in [3.63, 3.8) is 0 Å². The van der Waals surface area contributed by atoms with E-state index >= 15 is 0 Å². The third-order valence-electron chi connectivity index (χ3n) is 1.35. The summed E-state index contributed by atoms with van der Waals surface area (Å²) in [5, 5.41) is 10.4. The minimum Gasteiger partial charge on any atom is -0.480 e. The van der Waals surface area contributed by atoms with Gasteiger partial charge in [0.15, 0.2) is 0 Å². The molecule has 0 aliphatic rings. The Kier molecular flexibility index (Phi) is 10.0. The predicted octanol–water partition coefficient (Wildman–Crippen LogP) is 0.205. The summed E-state index contributed by atoms with van der Waals surface area (Å²) in [7, 11) is 1.52. The summed E-state index contributed by atoms with van der Waals surface area (Å²) in [5.74, 6) is -1.54. The quantitative estimate of drug-likeness (QED) is 0.520. The topological polar surface area (TPSA) is 86.7 Å². The van der Waals surface area contributed by atoms with Crippen molar-refractivity contribution in [3.05, 3.63) is 11.8 Å². The number of nitrogens with one attached hydrogen (secondary N) is 1. The van der Waals surface area contributed by atoms with Gasteiger partial charge in [0.1, 0.15) is 6.54 Å². The van der Waals surface area contributed by atoms with Crippen molar-refractivity contribution >= 4 is 18.3 Å². The first-order chi connectivity index (χ1) is 7.47. The van der Waals surface area contributed by atoms with Crippen LogP contribution in [0.3, 0.4) is 0 Å². The maximum atomic E-state index is 11.0. The van der Waals surface area contributed by atoms with E-state index in [0.717, 1.165) is 0 Å². The van der Waals surface area contributed by atoms with Crippen LogP contribution in [0.5, 0.6) is 0 Å². The van der Waals surface area contributed by atoms with Crippen molar-refractivity contribution < 1.29 is 19.5 Å². The number of likely N-dealkylation sites (N-methyl/N-ethyl adjacent to an activating group) is 1. The lowest BCUT2D eigenvalue weighted by molar-refractivity contribution is -0.137. The number of carboxylic acid groups (broad SMARTS) is 1. The zero-order valence-electron chi connectivity index (χ0n) is 9.98. The molecule has 0 heterocycles. The fraction of sp³-hybridized carbons (Fsp3) is 0.500. The van der Waals surface area contributed by atoms with E-state index in [4.69, 9.17) is 5.11 Å². The van der Waals surface area contributed by atoms with Crippen LogP contribution in [0.4, 0.5) is 0 Å². The highest BCUT2D eigenvalue weighted by Crippen LogP contribution is 1.94. The molecular formula is C10H18N2O4. The van der Waals surface area contributed by atoms with Gasteiger partial charge in [0.2, 0.25) is 6.41 Å². The van der Waals surface area contributed by atoms with Crippen LogP contribution in [0.25, 0.3) is 0 Å². The summed E-state index contributed by atoms with van der Waals surface area (Å²) in [6, 6.07) is 0. The fourth-order valence-corrected chi connectivity index (χ4v) is 0.816. The normalized spacial score (nSPS) is 9.62. The highest BCUT2D eigenvalue weighted by molar-refractivity contribution is 5.98. The molecule has 0 aliphatic carbocycles. The van der Waals surface area contributed by atoms with Gasteiger partial charge in [-0.1, -0.05) is 13.8 Å². The first-order valence-electron chi connectivity index (χ1n) is 4.82. The SMILES string of the molecule is C/C(=C/N(C)CC(=O)O)C(=O)NC=O.CC. The Hall–Kier alpha value is -1.85. The molecule has 0 fully saturated rings. The number of rotatable bonds is 5. The van der Waals surface area contributed by atoms with Gasteiger partial charge in [-0.25, -0.2) is 0 Å². The van der Waals surface area contributed by atoms with Gasteiger partial charge >= 0.3 is 5.97 Å². The van der Waals surface area contributed by atoms with E-state index in [2.05, 4.69) is 0 Å². The minimum absolute atomic E-state index is 0.203. The smallest absolute Gasteiger partial charge is 0.323 e. The molecule has 0 unspecified atom stereocenters. The molecule has 2 N–H and O–H groups in total. The number of carboxylic acids is 1. The van der Waals surface area contributed by atoms with Gasteiger partial charge in [-0.05, 0) is 6.92 Å². The average Bonchev–Trinajstić information content (AvgIpc) is 2.19. The Morgan fingerprint density at radius 2 is 1.88 bits per heavy atom. The maximum Gasteiger partial charge on any atom is 0.323 e. The number of hydrogen-bond donors (Lipinski definition) is 2. The van der Waals surface area contributed by atoms with Gasteiger partial charge in [-0.15, -0.1) is 0 Å². The van der Waals surface area contributed by atoms with Crippen LogP contribution in [0.15, 0.2) is 11.8 Å². The van der Waals surface area contributed by atoms with Crippen LogP contribution in [0.1, 0.15) is 20.8 Å². The largest absolute Gasteiger partial charge is 0.480 e. The second-order valence-electron chi connectivity index (χ2n) is 2.71. The lowest BCUT2D eigenvalue weighted by atomic mass is 10.3. The van der Waals surface area contributed by atoms with Crippen molar-refractivity contribution in [2.45, 2.75) is 20.8 Å². The molecular weight excluding hydrogens is 212 g/mol. The Labute approximate surface area is 94.9 Å². The van der Waals surface area contributed by atoms with E-state index in [1.165, 1.54) is 25.1 Å². The number of carbonyl (C=O) groups excluding carboxylic acids is 2. The molecule has 92 valence electrons. The van der Waals surface area contributed by atoms with Crippen LogP contribution >= 0.6 is 0 Å². The Morgan fingerprint density at radius 3 is 2.25 bits per heavy atom. The van der Waals surface area contributed by atoms with Gasteiger partial charge < -0.3 is 10.0 Å². The zero-order chi connectivity index (χ0) is 13.1. The van der Waals surface area contributed by atoms with Crippen molar-refractivity contribution in [2.24, 2.45) is 0 Å². The molecule has 0 atom stereocenters. The number of imide groups is 1. The lowest BCUT2D eigenvalue weighted by Gasteiger charge is -2.11. The highest BCUT2D eigenvalue weighted by atomic mass is 16.4. The molecule has 0 spiro atoms. The van der Waals surface area contributed by atoms with Crippen molar-refractivity contribution in [2.75, 3.05) is 13.6 Å². The molecule has 16 heavy (non-hydrogen) atoms. The van der Waals surface area contributed by atoms with E-state index in [1.807, 2.05) is 19.2 Å². The zero-order valence-corrected chi connectivity index (χ0v) is 9.98. The van der Waals surface area contributed by atoms with E-state index in [1.54, 1.807) is 0 Å². The lowest BCUT2D eigenvalue weighted by Crippen LogP contribution is -2.25. The molecule has 0 aliphatic heterocycles. The van der Waals surface area contributed by atoms with E-state index < -0.39 is 11.9 Å². The van der Waals surface area contributed by atoms with Gasteiger partial charge in [0, 0.05) is 18.8 Å². The third kappa shape index (κ3) is 8.74. The van der Waals surface area contributed by atoms with Crippen LogP contribution in [0.2, 0.25) is 0 Å². The van der Waals surface area contributed by atoms with Gasteiger partial charge in [-0.2, -0.15) is 0 Å². The Bertz CT molecular complexity index is 274. The van der Waals surface area contributed by atoms with Crippen LogP contribution in [-0.2, 0) is 14.4 Å². The molecule has 0 saturated heterocycles. The number of amides is 2. The van der Waals surface area contributed by atoms with Gasteiger partial charge in [-0.3, -0.25) is 19.7 Å². The maximum absolute atomic E-state index is 11.0. The standard InChI is InChI=1S/C8H12N2O4.C2H6/c1-6(8(14)9-5-11)3-10(2)4-7(12)13;1-2/h3,5H,4H2,1-2H3,(H,12,13)(H,9,11,14);1-2H3/b6-3-;. The number of nitrogens with zero attached hydrogens (tertiary/aromatic N) is 1. The van der Waals surface area contributed by atoms with Gasteiger partial charge in [0.25, 0.3) is 5.91 Å². The predicted molar refractivity (Wildman–Crippen MR) is 59.6 cm³/mol. The highest BCUT2D eigenvalue weighted by Gasteiger charge is 2.05. The summed E-state index contributed by atoms with van der Waals surface area (Å²) in [5.41, 5.74) is 0.265. The summed E-state index contributed by atoms with van der Waals surface area (Å²) in [6.45, 7) is 5.28. The number of carbonyl (C=O) groups is 3. The molecule has 6 nitrogen and oxygen atoms in total. The first-order valence-corrected chi connectivity index (χ1v) is 4.82. The molecule has 0 aromatic heterocycles. The summed E-state index contributed by atoms with van der Waals surface area (Å²) < 4.78 is 0. The molecule has 0 bridgehead atoms. The third-order valence-corrected chi connectivity index (χ3v) is 1.35. The van der Waals surface area contributed by atoms with E-state index in [0.29, 0.717) is 0 Å². The second kappa shape index (κ2) is 9.70. The summed E-state index contributed by atoms with van der Waals surface area (Å²) >= 11 is 0. The van der Waals surface area contributed by atoms with Crippen molar-refractivity contribution in [3.8, 4) is 0 Å². The molecule has 6 heteroatoms. The van der Waals surface area contributed by atoms with Crippen molar-refractivity contribution in [1.82, 2.24) is 10.2 Å². The summed E-state index contributed by atoms with van der Waals surface area (Å²) in [6.07, 6.45) is 1.63. The van der Waals surface area contributed by atoms with Crippen LogP contribution < -0.4 is 5.32 Å². The molecule has 0 saturated carbocycles. The van der Waals surface area contributed by atoms with Gasteiger partial charge in [0.05, 0.1) is 0 Å². The molecule has 0 rings (SSSR count). The van der Waals surface area contributed by atoms with E-state index in [-0.39, 0.29) is 18.5 Å². The fourth-order valence-electron chi connectivity index (χ4n) is 0.816. The monoisotopic (exact) mass is 230 g/mol. The second-order valence-corrected chi connectivity index (χ2v) is 2.71. The minimum atomic E-state index is -0.993. The number of hydrogen-bond acceptors (Lipinski definition) is 4. The Balaban J connectivity index is 0. The summed E-state index contributed by atoms with van der Waals surface area (Å²) in [4.78, 5) is 32.5. The average molecular weight is 230 g/mol. The van der Waals surface area contributed by atoms with Crippen LogP contribution in [0, 0.1) is 0 Å². The van der Waals surface area contributed by atoms with E-state index in [9.17, 15) is 14.4 Å². The first kappa shape index (κ1) is 16.6. The number of aliphatic carboxylic acids is 1. The molecule has 0 aromatic carbocycles. The molecule has 2 amide bonds. The molecule has 0 aromatic rings. The van der Waals surface area contributed by atoms with Crippen LogP contribution in [-0.4, -0.2) is 41.9 Å². The van der Waals surface area contributed by atoms with Crippen molar-refractivity contribution in [1.29, 1.82) is 0 Å². The molecule has 0 radical (unpaired) electrons. The Morgan fingerprint density at radius 1 is 1.38 bits per heavy atom.